The summed E-state index contributed by atoms with van der Waals surface area (Å²) in [7, 11) is 1.64. The predicted molar refractivity (Wildman–Crippen MR) is 200 cm³/mol. The van der Waals surface area contributed by atoms with Crippen LogP contribution in [0.25, 0.3) is 0 Å². The van der Waals surface area contributed by atoms with Crippen molar-refractivity contribution in [2.45, 2.75) is 82.0 Å². The molecule has 55 heavy (non-hydrogen) atoms. The van der Waals surface area contributed by atoms with Crippen molar-refractivity contribution in [1.82, 2.24) is 26.8 Å². The Hall–Kier alpha value is -3.81. The molecule has 17 heteroatoms. The summed E-state index contributed by atoms with van der Waals surface area (Å²) in [5.41, 5.74) is 11.9. The molecule has 17 nitrogen and oxygen atoms in total. The van der Waals surface area contributed by atoms with Gasteiger partial charge in [0.1, 0.15) is 29.5 Å². The average Bonchev–Trinajstić information content (AvgIpc) is 4.09. The number of amides is 3. The number of hydrogen-bond donors (Lipinski definition) is 6. The first-order valence-electron chi connectivity index (χ1n) is 18.8. The first-order valence-corrected chi connectivity index (χ1v) is 18.8. The number of methoxy groups -OCH3 is 1. The third kappa shape index (κ3) is 13.4. The molecule has 1 saturated carbocycles. The zero-order valence-electron chi connectivity index (χ0n) is 32.3. The number of allylic oxidation sites excluding steroid dienone is 1. The van der Waals surface area contributed by atoms with Gasteiger partial charge < -0.3 is 50.1 Å². The van der Waals surface area contributed by atoms with Crippen molar-refractivity contribution in [3.8, 4) is 0 Å². The van der Waals surface area contributed by atoms with Crippen LogP contribution in [0.1, 0.15) is 45.6 Å². The van der Waals surface area contributed by atoms with Gasteiger partial charge in [-0.1, -0.05) is 42.0 Å². The first kappa shape index (κ1) is 43.9. The molecular weight excluding hydrogens is 716 g/mol. The largest absolute Gasteiger partial charge is 0.443 e. The highest BCUT2D eigenvalue weighted by Crippen LogP contribution is 2.59. The van der Waals surface area contributed by atoms with Crippen molar-refractivity contribution in [2.75, 3.05) is 72.9 Å². The summed E-state index contributed by atoms with van der Waals surface area (Å²) < 4.78 is 35.0. The predicted octanol–water partition coefficient (Wildman–Crippen LogP) is -0.143. The maximum atomic E-state index is 12.9. The number of carbonyl (C=O) groups excluding carboxylic acids is 5. The molecule has 2 saturated heterocycles. The SMILES string of the molecule is COC1C(OC(=O)NCCOCCOCCNC(=O)CNC(=O)[C@H](Cc2ccccc2)NNCC(=O)C(=O)CN)CC[C@]2(CO2)C1C1(C)O[C@@H]1CC=C(C)C. The van der Waals surface area contributed by atoms with Crippen molar-refractivity contribution in [3.63, 3.8) is 0 Å². The van der Waals surface area contributed by atoms with Crippen LogP contribution in [0, 0.1) is 5.92 Å². The maximum Gasteiger partial charge on any atom is 0.407 e. The second-order valence-corrected chi connectivity index (χ2v) is 14.3. The lowest BCUT2D eigenvalue weighted by molar-refractivity contribution is -0.135. The van der Waals surface area contributed by atoms with Crippen molar-refractivity contribution < 1.29 is 52.4 Å². The molecule has 7 N–H and O–H groups in total. The summed E-state index contributed by atoms with van der Waals surface area (Å²) in [4.78, 5) is 61.1. The van der Waals surface area contributed by atoms with E-state index < -0.39 is 53.8 Å². The van der Waals surface area contributed by atoms with Crippen molar-refractivity contribution in [2.24, 2.45) is 11.7 Å². The molecule has 0 bridgehead atoms. The number of rotatable bonds is 25. The number of ether oxygens (including phenoxy) is 6. The number of Topliss-reactive ketones (excluding diaryl/α,β-unsaturated/α-hetero) is 2. The molecule has 4 unspecified atom stereocenters. The number of epoxide rings is 2. The zero-order chi connectivity index (χ0) is 39.8. The van der Waals surface area contributed by atoms with Gasteiger partial charge in [-0.3, -0.25) is 19.2 Å². The average molecular weight is 775 g/mol. The van der Waals surface area contributed by atoms with Gasteiger partial charge in [0, 0.05) is 20.2 Å². The third-order valence-corrected chi connectivity index (χ3v) is 10.00. The highest BCUT2D eigenvalue weighted by molar-refractivity contribution is 6.38. The summed E-state index contributed by atoms with van der Waals surface area (Å²) in [6, 6.07) is 8.34. The second kappa shape index (κ2) is 21.5. The number of nitrogens with two attached hydrogens (primary N) is 1. The van der Waals surface area contributed by atoms with Gasteiger partial charge in [0.25, 0.3) is 0 Å². The van der Waals surface area contributed by atoms with Gasteiger partial charge in [-0.2, -0.15) is 0 Å². The van der Waals surface area contributed by atoms with Gasteiger partial charge in [0.05, 0.1) is 64.7 Å². The van der Waals surface area contributed by atoms with Gasteiger partial charge >= 0.3 is 6.09 Å². The molecule has 1 aromatic carbocycles. The van der Waals surface area contributed by atoms with Gasteiger partial charge in [0.15, 0.2) is 0 Å². The van der Waals surface area contributed by atoms with Crippen LogP contribution in [0.3, 0.4) is 0 Å². The molecule has 1 aromatic rings. The Bertz CT molecular complexity index is 1470. The van der Waals surface area contributed by atoms with Crippen LogP contribution in [0.4, 0.5) is 4.79 Å². The van der Waals surface area contributed by atoms with Gasteiger partial charge in [0.2, 0.25) is 23.4 Å². The molecule has 1 spiro atoms. The Balaban J connectivity index is 1.04. The molecule has 0 radical (unpaired) electrons. The number of ketones is 2. The van der Waals surface area contributed by atoms with Crippen molar-refractivity contribution >= 4 is 29.5 Å². The third-order valence-electron chi connectivity index (χ3n) is 10.00. The van der Waals surface area contributed by atoms with E-state index in [1.54, 1.807) is 7.11 Å². The second-order valence-electron chi connectivity index (χ2n) is 14.3. The van der Waals surface area contributed by atoms with E-state index in [9.17, 15) is 24.0 Å². The normalized spacial score (nSPS) is 25.7. The van der Waals surface area contributed by atoms with Crippen LogP contribution in [-0.2, 0) is 54.0 Å². The fourth-order valence-corrected chi connectivity index (χ4v) is 6.94. The van der Waals surface area contributed by atoms with Crippen LogP contribution in [0.5, 0.6) is 0 Å². The molecule has 7 atom stereocenters. The molecule has 2 heterocycles. The van der Waals surface area contributed by atoms with Gasteiger partial charge in [-0.15, -0.1) is 0 Å². The number of alkyl carbamates (subject to hydrolysis) is 1. The zero-order valence-corrected chi connectivity index (χ0v) is 32.3. The quantitative estimate of drug-likeness (QED) is 0.0250. The lowest BCUT2D eigenvalue weighted by Gasteiger charge is -2.42. The smallest absolute Gasteiger partial charge is 0.407 e. The Kier molecular flexibility index (Phi) is 17.2. The highest BCUT2D eigenvalue weighted by Gasteiger charge is 2.72. The fraction of sp³-hybridized carbons (Fsp3) is 0.658. The van der Waals surface area contributed by atoms with E-state index >= 15 is 0 Å². The molecule has 3 fully saturated rings. The minimum absolute atomic E-state index is 0.0554. The summed E-state index contributed by atoms with van der Waals surface area (Å²) in [6.07, 6.45) is 3.40. The molecule has 306 valence electrons. The lowest BCUT2D eigenvalue weighted by Crippen LogP contribution is -2.56. The van der Waals surface area contributed by atoms with E-state index in [0.29, 0.717) is 13.0 Å². The summed E-state index contributed by atoms with van der Waals surface area (Å²) in [5.74, 6) is -2.40. The number of carbonyl (C=O) groups is 5. The molecular formula is C38H58N6O11. The summed E-state index contributed by atoms with van der Waals surface area (Å²) >= 11 is 0. The summed E-state index contributed by atoms with van der Waals surface area (Å²) in [6.45, 7) is 7.37. The van der Waals surface area contributed by atoms with Crippen molar-refractivity contribution in [3.05, 3.63) is 47.5 Å². The van der Waals surface area contributed by atoms with Crippen LogP contribution in [-0.4, -0.2) is 138 Å². The van der Waals surface area contributed by atoms with E-state index in [2.05, 4.69) is 53.6 Å². The number of benzene rings is 1. The number of hydrazine groups is 1. The van der Waals surface area contributed by atoms with E-state index in [0.717, 1.165) is 18.4 Å². The standard InChI is InChI=1S/C38H58N6O11/c1-25(2)10-11-31-37(3,55-31)34-33(50-4)30(12-13-38(34)24-53-38)54-36(49)41-15-17-52-19-18-51-16-14-40-32(47)23-42-35(48)27(20-26-8-6-5-7-9-26)44-43-22-29(46)28(45)21-39/h5-10,27,30-31,33-34,43-44H,11-24,39H2,1-4H3,(H,40,47)(H,41,49)(H,42,48)/t27-,30?,31+,33?,34?,37?,38-/m0/s1. The van der Waals surface area contributed by atoms with E-state index in [1.807, 2.05) is 30.3 Å². The Morgan fingerprint density at radius 1 is 0.964 bits per heavy atom. The summed E-state index contributed by atoms with van der Waals surface area (Å²) in [5, 5.41) is 7.98. The molecule has 2 aliphatic heterocycles. The van der Waals surface area contributed by atoms with Crippen molar-refractivity contribution in [1.29, 1.82) is 0 Å². The minimum atomic E-state index is -0.837. The lowest BCUT2D eigenvalue weighted by atomic mass is 9.68. The van der Waals surface area contributed by atoms with Gasteiger partial charge in [-0.05, 0) is 52.0 Å². The minimum Gasteiger partial charge on any atom is -0.443 e. The number of hydrogen-bond acceptors (Lipinski definition) is 14. The molecule has 1 aliphatic carbocycles. The topological polar surface area (TPSA) is 234 Å². The molecule has 3 amide bonds. The van der Waals surface area contributed by atoms with E-state index in [4.69, 9.17) is 34.2 Å². The highest BCUT2D eigenvalue weighted by atomic mass is 16.6. The van der Waals surface area contributed by atoms with Gasteiger partial charge in [-0.25, -0.2) is 15.6 Å². The van der Waals surface area contributed by atoms with Crippen LogP contribution in [0.15, 0.2) is 42.0 Å². The van der Waals surface area contributed by atoms with E-state index in [1.165, 1.54) is 5.57 Å². The Morgan fingerprint density at radius 3 is 2.29 bits per heavy atom. The maximum absolute atomic E-state index is 12.9. The fourth-order valence-electron chi connectivity index (χ4n) is 6.94. The van der Waals surface area contributed by atoms with Crippen LogP contribution >= 0.6 is 0 Å². The first-order chi connectivity index (χ1) is 26.4. The Labute approximate surface area is 322 Å². The van der Waals surface area contributed by atoms with Crippen LogP contribution < -0.4 is 32.5 Å². The molecule has 4 rings (SSSR count). The Morgan fingerprint density at radius 2 is 1.65 bits per heavy atom. The monoisotopic (exact) mass is 774 g/mol. The van der Waals surface area contributed by atoms with E-state index in [-0.39, 0.29) is 82.8 Å². The number of nitrogens with one attached hydrogen (secondary N) is 5. The van der Waals surface area contributed by atoms with Crippen LogP contribution in [0.2, 0.25) is 0 Å². The molecule has 0 aromatic heterocycles. The molecule has 3 aliphatic rings.